The minimum Gasteiger partial charge on any atom is -0.482 e. The number of aryl methyl sites for hydroxylation is 1. The number of nitrogens with one attached hydrogen (secondary N) is 1. The fraction of sp³-hybridized carbons (Fsp3) is 0.364. The second-order valence-electron chi connectivity index (χ2n) is 6.61. The number of hydrogen-bond acceptors (Lipinski definition) is 9. The number of hydrogen-bond donors (Lipinski definition) is 1. The number of amides is 1. The van der Waals surface area contributed by atoms with Crippen molar-refractivity contribution in [3.8, 4) is 5.75 Å². The Kier molecular flexibility index (Phi) is 9.68. The Labute approximate surface area is 199 Å². The topological polar surface area (TPSA) is 117 Å². The first-order chi connectivity index (χ1) is 15.7. The van der Waals surface area contributed by atoms with Gasteiger partial charge in [-0.15, -0.1) is 11.3 Å². The number of carbonyl (C=O) groups excluding carboxylic acids is 4. The molecule has 0 unspecified atom stereocenters. The van der Waals surface area contributed by atoms with Crippen LogP contribution < -0.4 is 10.1 Å². The summed E-state index contributed by atoms with van der Waals surface area (Å²) in [5.41, 5.74) is 1.16. The Balaban J connectivity index is 2.00. The Morgan fingerprint density at radius 2 is 1.64 bits per heavy atom. The molecular formula is C22H24ClNO8S. The van der Waals surface area contributed by atoms with E-state index in [1.165, 1.54) is 0 Å². The van der Waals surface area contributed by atoms with Crippen LogP contribution in [-0.4, -0.2) is 50.2 Å². The van der Waals surface area contributed by atoms with Crippen LogP contribution in [0.5, 0.6) is 5.75 Å². The number of carbonyl (C=O) groups is 4. The van der Waals surface area contributed by atoms with Crippen molar-refractivity contribution in [1.29, 1.82) is 0 Å². The summed E-state index contributed by atoms with van der Waals surface area (Å²) >= 11 is 6.82. The third-order valence-electron chi connectivity index (χ3n) is 4.19. The molecule has 0 atom stereocenters. The average Bonchev–Trinajstić information content (AvgIpc) is 3.09. The van der Waals surface area contributed by atoms with E-state index < -0.39 is 37.0 Å². The average molecular weight is 498 g/mol. The van der Waals surface area contributed by atoms with Gasteiger partial charge in [0.1, 0.15) is 15.6 Å². The molecule has 1 aromatic carbocycles. The summed E-state index contributed by atoms with van der Waals surface area (Å²) in [5.74, 6) is -2.35. The third-order valence-corrected chi connectivity index (χ3v) is 5.80. The van der Waals surface area contributed by atoms with Crippen LogP contribution >= 0.6 is 22.9 Å². The van der Waals surface area contributed by atoms with Gasteiger partial charge in [-0.2, -0.15) is 0 Å². The van der Waals surface area contributed by atoms with Crippen LogP contribution in [0.2, 0.25) is 5.02 Å². The van der Waals surface area contributed by atoms with Crippen LogP contribution in [0.4, 0.5) is 5.00 Å². The quantitative estimate of drug-likeness (QED) is 0.387. The van der Waals surface area contributed by atoms with Crippen LogP contribution in [0.25, 0.3) is 0 Å². The highest BCUT2D eigenvalue weighted by Gasteiger charge is 2.27. The van der Waals surface area contributed by atoms with Gasteiger partial charge in [-0.1, -0.05) is 11.6 Å². The van der Waals surface area contributed by atoms with Crippen LogP contribution in [0.1, 0.15) is 45.0 Å². The first-order valence-electron chi connectivity index (χ1n) is 9.99. The minimum atomic E-state index is -0.766. The molecule has 33 heavy (non-hydrogen) atoms. The standard InChI is InChI=1S/C22H24ClNO8S/c1-5-29-21(27)18-13(4)19(22(28)30-6-2)33-20(18)24-16(25)10-32-17(26)11-31-14-7-8-15(23)12(3)9-14/h7-9H,5-6,10-11H2,1-4H3,(H,24,25). The fourth-order valence-corrected chi connectivity index (χ4v) is 3.86. The summed E-state index contributed by atoms with van der Waals surface area (Å²) in [6.07, 6.45) is 0. The molecule has 1 amide bonds. The van der Waals surface area contributed by atoms with Crippen molar-refractivity contribution in [3.63, 3.8) is 0 Å². The molecule has 2 rings (SSSR count). The maximum atomic E-state index is 12.4. The lowest BCUT2D eigenvalue weighted by Crippen LogP contribution is -2.24. The summed E-state index contributed by atoms with van der Waals surface area (Å²) in [4.78, 5) is 48.9. The lowest BCUT2D eigenvalue weighted by molar-refractivity contribution is -0.149. The van der Waals surface area contributed by atoms with Crippen LogP contribution in [0.3, 0.4) is 0 Å². The Morgan fingerprint density at radius 3 is 2.27 bits per heavy atom. The Morgan fingerprint density at radius 1 is 0.970 bits per heavy atom. The minimum absolute atomic E-state index is 0.0472. The zero-order valence-corrected chi connectivity index (χ0v) is 20.2. The van der Waals surface area contributed by atoms with E-state index in [2.05, 4.69) is 5.32 Å². The van der Waals surface area contributed by atoms with Gasteiger partial charge in [0, 0.05) is 5.02 Å². The first-order valence-corrected chi connectivity index (χ1v) is 11.2. The van der Waals surface area contributed by atoms with E-state index in [-0.39, 0.29) is 28.7 Å². The highest BCUT2D eigenvalue weighted by atomic mass is 35.5. The van der Waals surface area contributed by atoms with Crippen LogP contribution in [-0.2, 0) is 23.8 Å². The Bertz CT molecular complexity index is 1050. The molecular weight excluding hydrogens is 474 g/mol. The molecule has 0 saturated heterocycles. The van der Waals surface area contributed by atoms with E-state index in [1.807, 2.05) is 0 Å². The van der Waals surface area contributed by atoms with E-state index >= 15 is 0 Å². The number of anilines is 1. The van der Waals surface area contributed by atoms with Gasteiger partial charge in [0.25, 0.3) is 5.91 Å². The largest absolute Gasteiger partial charge is 0.482 e. The van der Waals surface area contributed by atoms with E-state index in [9.17, 15) is 19.2 Å². The fourth-order valence-electron chi connectivity index (χ4n) is 2.64. The second-order valence-corrected chi connectivity index (χ2v) is 8.04. The first kappa shape index (κ1) is 26.1. The molecule has 1 aromatic heterocycles. The molecule has 178 valence electrons. The summed E-state index contributed by atoms with van der Waals surface area (Å²) in [7, 11) is 0. The van der Waals surface area contributed by atoms with Crippen molar-refractivity contribution in [3.05, 3.63) is 44.8 Å². The molecule has 0 radical (unpaired) electrons. The second kappa shape index (κ2) is 12.2. The maximum absolute atomic E-state index is 12.4. The lowest BCUT2D eigenvalue weighted by atomic mass is 10.1. The number of ether oxygens (including phenoxy) is 4. The van der Waals surface area contributed by atoms with Gasteiger partial charge in [-0.3, -0.25) is 4.79 Å². The summed E-state index contributed by atoms with van der Waals surface area (Å²) in [6, 6.07) is 4.91. The van der Waals surface area contributed by atoms with E-state index in [0.29, 0.717) is 16.3 Å². The van der Waals surface area contributed by atoms with Crippen molar-refractivity contribution < 1.29 is 38.1 Å². The zero-order valence-electron chi connectivity index (χ0n) is 18.6. The van der Waals surface area contributed by atoms with Crippen LogP contribution in [0, 0.1) is 13.8 Å². The monoisotopic (exact) mass is 497 g/mol. The predicted molar refractivity (Wildman–Crippen MR) is 122 cm³/mol. The predicted octanol–water partition coefficient (Wildman–Crippen LogP) is 3.93. The normalized spacial score (nSPS) is 10.3. The number of rotatable bonds is 10. The molecule has 1 heterocycles. The van der Waals surface area contributed by atoms with Crippen molar-refractivity contribution in [2.75, 3.05) is 31.7 Å². The van der Waals surface area contributed by atoms with Crippen LogP contribution in [0.15, 0.2) is 18.2 Å². The molecule has 0 saturated carbocycles. The highest BCUT2D eigenvalue weighted by Crippen LogP contribution is 2.34. The molecule has 0 aliphatic carbocycles. The van der Waals surface area contributed by atoms with Crippen molar-refractivity contribution in [2.24, 2.45) is 0 Å². The molecule has 11 heteroatoms. The highest BCUT2D eigenvalue weighted by molar-refractivity contribution is 7.18. The van der Waals surface area contributed by atoms with E-state index in [4.69, 9.17) is 30.5 Å². The molecule has 0 bridgehead atoms. The van der Waals surface area contributed by atoms with Gasteiger partial charge in [-0.25, -0.2) is 14.4 Å². The number of thiophene rings is 1. The molecule has 0 aliphatic heterocycles. The summed E-state index contributed by atoms with van der Waals surface area (Å²) < 4.78 is 20.3. The van der Waals surface area contributed by atoms with E-state index in [0.717, 1.165) is 16.9 Å². The summed E-state index contributed by atoms with van der Waals surface area (Å²) in [6.45, 7) is 5.88. The van der Waals surface area contributed by atoms with Gasteiger partial charge in [0.05, 0.1) is 18.8 Å². The summed E-state index contributed by atoms with van der Waals surface area (Å²) in [5, 5.41) is 3.16. The SMILES string of the molecule is CCOC(=O)c1sc(NC(=O)COC(=O)COc2ccc(Cl)c(C)c2)c(C(=O)OCC)c1C. The number of benzene rings is 1. The molecule has 1 N–H and O–H groups in total. The Hall–Kier alpha value is -3.11. The van der Waals surface area contributed by atoms with Gasteiger partial charge in [0.2, 0.25) is 0 Å². The smallest absolute Gasteiger partial charge is 0.348 e. The molecule has 0 fully saturated rings. The van der Waals surface area contributed by atoms with Gasteiger partial charge in [-0.05, 0) is 57.0 Å². The molecule has 2 aromatic rings. The lowest BCUT2D eigenvalue weighted by Gasteiger charge is -2.09. The zero-order chi connectivity index (χ0) is 24.5. The van der Waals surface area contributed by atoms with Gasteiger partial charge in [0.15, 0.2) is 13.2 Å². The van der Waals surface area contributed by atoms with Crippen molar-refractivity contribution >= 4 is 51.8 Å². The molecule has 9 nitrogen and oxygen atoms in total. The van der Waals surface area contributed by atoms with Crippen molar-refractivity contribution in [2.45, 2.75) is 27.7 Å². The molecule has 0 aliphatic rings. The maximum Gasteiger partial charge on any atom is 0.348 e. The number of esters is 3. The van der Waals surface area contributed by atoms with Gasteiger partial charge >= 0.3 is 17.9 Å². The molecule has 0 spiro atoms. The van der Waals surface area contributed by atoms with E-state index in [1.54, 1.807) is 45.9 Å². The van der Waals surface area contributed by atoms with Gasteiger partial charge < -0.3 is 24.3 Å². The van der Waals surface area contributed by atoms with Crippen molar-refractivity contribution in [1.82, 2.24) is 0 Å². The third kappa shape index (κ3) is 7.19. The number of halogens is 1.